The van der Waals surface area contributed by atoms with Gasteiger partial charge >= 0.3 is 5.97 Å². The highest BCUT2D eigenvalue weighted by atomic mass is 32.1. The number of thiophene rings is 1. The Morgan fingerprint density at radius 1 is 1.70 bits per heavy atom. The van der Waals surface area contributed by atoms with Crippen LogP contribution in [0.4, 0.5) is 0 Å². The Bertz CT molecular complexity index is 485. The van der Waals surface area contributed by atoms with Crippen molar-refractivity contribution < 1.29 is 14.3 Å². The SMILES string of the molecule is C=CC[C@H]1NCCC[C@@]1(Oc1csc(C)c1)C(=O)OC. The first-order valence-corrected chi connectivity index (χ1v) is 7.67. The van der Waals surface area contributed by atoms with Crippen molar-refractivity contribution >= 4 is 17.3 Å². The lowest BCUT2D eigenvalue weighted by Gasteiger charge is -2.41. The number of nitrogens with one attached hydrogen (secondary N) is 1. The number of methoxy groups -OCH3 is 1. The van der Waals surface area contributed by atoms with Gasteiger partial charge in [-0.05, 0) is 32.4 Å². The molecule has 0 saturated carbocycles. The average molecular weight is 295 g/mol. The van der Waals surface area contributed by atoms with Crippen molar-refractivity contribution in [3.05, 3.63) is 29.0 Å². The molecule has 1 saturated heterocycles. The Morgan fingerprint density at radius 2 is 2.50 bits per heavy atom. The van der Waals surface area contributed by atoms with Gasteiger partial charge in [0.2, 0.25) is 5.60 Å². The molecular weight excluding hydrogens is 274 g/mol. The van der Waals surface area contributed by atoms with Gasteiger partial charge in [-0.25, -0.2) is 4.79 Å². The van der Waals surface area contributed by atoms with E-state index in [4.69, 9.17) is 9.47 Å². The zero-order valence-corrected chi connectivity index (χ0v) is 12.8. The van der Waals surface area contributed by atoms with Gasteiger partial charge in [0, 0.05) is 16.7 Å². The van der Waals surface area contributed by atoms with E-state index in [2.05, 4.69) is 11.9 Å². The summed E-state index contributed by atoms with van der Waals surface area (Å²) < 4.78 is 11.1. The van der Waals surface area contributed by atoms with Crippen LogP contribution in [0.1, 0.15) is 24.1 Å². The first-order valence-electron chi connectivity index (χ1n) is 6.79. The van der Waals surface area contributed by atoms with Crippen LogP contribution in [-0.4, -0.2) is 31.3 Å². The average Bonchev–Trinajstić information content (AvgIpc) is 2.85. The predicted molar refractivity (Wildman–Crippen MR) is 80.3 cm³/mol. The molecule has 1 aromatic heterocycles. The Balaban J connectivity index is 2.31. The highest BCUT2D eigenvalue weighted by molar-refractivity contribution is 7.10. The molecule has 1 aliphatic heterocycles. The first kappa shape index (κ1) is 15.1. The topological polar surface area (TPSA) is 47.6 Å². The fraction of sp³-hybridized carbons (Fsp3) is 0.533. The van der Waals surface area contributed by atoms with E-state index < -0.39 is 5.60 Å². The Kier molecular flexibility index (Phi) is 4.83. The van der Waals surface area contributed by atoms with Crippen molar-refractivity contribution in [2.24, 2.45) is 0 Å². The molecule has 20 heavy (non-hydrogen) atoms. The standard InChI is InChI=1S/C15H21NO3S/c1-4-6-13-15(14(17)18-3,7-5-8-16-13)19-12-9-11(2)20-10-12/h4,9-10,13,16H,1,5-8H2,2-3H3/t13-,15+/m1/s1. The van der Waals surface area contributed by atoms with Crippen molar-refractivity contribution in [3.63, 3.8) is 0 Å². The van der Waals surface area contributed by atoms with Crippen LogP contribution in [0.15, 0.2) is 24.1 Å². The van der Waals surface area contributed by atoms with Crippen LogP contribution < -0.4 is 10.1 Å². The first-order chi connectivity index (χ1) is 9.62. The van der Waals surface area contributed by atoms with Gasteiger partial charge in [0.25, 0.3) is 0 Å². The third-order valence-corrected chi connectivity index (χ3v) is 4.46. The molecule has 4 nitrogen and oxygen atoms in total. The lowest BCUT2D eigenvalue weighted by atomic mass is 9.83. The quantitative estimate of drug-likeness (QED) is 0.670. The summed E-state index contributed by atoms with van der Waals surface area (Å²) in [4.78, 5) is 13.5. The minimum Gasteiger partial charge on any atom is -0.473 e. The van der Waals surface area contributed by atoms with E-state index in [1.807, 2.05) is 24.4 Å². The third-order valence-electron chi connectivity index (χ3n) is 3.62. The maximum absolute atomic E-state index is 12.4. The summed E-state index contributed by atoms with van der Waals surface area (Å²) in [6.45, 7) is 6.67. The number of hydrogen-bond donors (Lipinski definition) is 1. The number of ether oxygens (including phenoxy) is 2. The fourth-order valence-electron chi connectivity index (χ4n) is 2.67. The molecule has 0 unspecified atom stereocenters. The van der Waals surface area contributed by atoms with Gasteiger partial charge in [-0.1, -0.05) is 6.08 Å². The highest BCUT2D eigenvalue weighted by Gasteiger charge is 2.50. The number of carbonyl (C=O) groups is 1. The third kappa shape index (κ3) is 2.88. The lowest BCUT2D eigenvalue weighted by molar-refractivity contribution is -0.164. The van der Waals surface area contributed by atoms with Crippen LogP contribution >= 0.6 is 11.3 Å². The summed E-state index contributed by atoms with van der Waals surface area (Å²) in [5, 5.41) is 5.29. The summed E-state index contributed by atoms with van der Waals surface area (Å²) >= 11 is 1.61. The molecule has 1 N–H and O–H groups in total. The Morgan fingerprint density at radius 3 is 3.10 bits per heavy atom. The zero-order valence-electron chi connectivity index (χ0n) is 12.0. The molecule has 1 aliphatic rings. The molecule has 0 aromatic carbocycles. The minimum atomic E-state index is -0.964. The van der Waals surface area contributed by atoms with Gasteiger partial charge in [-0.3, -0.25) is 0 Å². The van der Waals surface area contributed by atoms with E-state index in [0.29, 0.717) is 12.8 Å². The fourth-order valence-corrected chi connectivity index (χ4v) is 3.27. The van der Waals surface area contributed by atoms with Gasteiger partial charge < -0.3 is 14.8 Å². The van der Waals surface area contributed by atoms with Crippen LogP contribution in [-0.2, 0) is 9.53 Å². The van der Waals surface area contributed by atoms with Gasteiger partial charge in [-0.15, -0.1) is 17.9 Å². The van der Waals surface area contributed by atoms with Gasteiger partial charge in [0.1, 0.15) is 5.75 Å². The monoisotopic (exact) mass is 295 g/mol. The number of aryl methyl sites for hydroxylation is 1. The smallest absolute Gasteiger partial charge is 0.351 e. The molecule has 2 heterocycles. The normalized spacial score (nSPS) is 26.0. The molecule has 5 heteroatoms. The van der Waals surface area contributed by atoms with Gasteiger partial charge in [0.05, 0.1) is 13.2 Å². The van der Waals surface area contributed by atoms with Gasteiger partial charge in [0.15, 0.2) is 0 Å². The van der Waals surface area contributed by atoms with E-state index in [9.17, 15) is 4.79 Å². The summed E-state index contributed by atoms with van der Waals surface area (Å²) in [6, 6.07) is 1.84. The predicted octanol–water partition coefficient (Wildman–Crippen LogP) is 2.68. The van der Waals surface area contributed by atoms with E-state index in [1.165, 1.54) is 7.11 Å². The minimum absolute atomic E-state index is 0.110. The van der Waals surface area contributed by atoms with Gasteiger partial charge in [-0.2, -0.15) is 0 Å². The summed E-state index contributed by atoms with van der Waals surface area (Å²) in [5.74, 6) is 0.413. The molecule has 2 atom stereocenters. The summed E-state index contributed by atoms with van der Waals surface area (Å²) in [7, 11) is 1.41. The lowest BCUT2D eigenvalue weighted by Crippen LogP contribution is -2.63. The molecule has 0 amide bonds. The second-order valence-electron chi connectivity index (χ2n) is 5.01. The van der Waals surface area contributed by atoms with Crippen molar-refractivity contribution in [2.75, 3.05) is 13.7 Å². The van der Waals surface area contributed by atoms with Crippen LogP contribution in [0.5, 0.6) is 5.75 Å². The summed E-state index contributed by atoms with van der Waals surface area (Å²) in [6.07, 6.45) is 4.01. The van der Waals surface area contributed by atoms with E-state index in [0.717, 1.165) is 23.6 Å². The van der Waals surface area contributed by atoms with Crippen molar-refractivity contribution in [2.45, 2.75) is 37.8 Å². The number of hydrogen-bond acceptors (Lipinski definition) is 5. The molecule has 110 valence electrons. The second-order valence-corrected chi connectivity index (χ2v) is 6.13. The van der Waals surface area contributed by atoms with Crippen LogP contribution in [0, 0.1) is 6.92 Å². The Hall–Kier alpha value is -1.33. The van der Waals surface area contributed by atoms with E-state index in [1.54, 1.807) is 11.3 Å². The number of esters is 1. The highest BCUT2D eigenvalue weighted by Crippen LogP contribution is 2.33. The van der Waals surface area contributed by atoms with Crippen LogP contribution in [0.25, 0.3) is 0 Å². The molecular formula is C15H21NO3S. The maximum Gasteiger partial charge on any atom is 0.351 e. The molecule has 0 bridgehead atoms. The van der Waals surface area contributed by atoms with Crippen LogP contribution in [0.2, 0.25) is 0 Å². The number of rotatable bonds is 5. The summed E-state index contributed by atoms with van der Waals surface area (Å²) in [5.41, 5.74) is -0.964. The van der Waals surface area contributed by atoms with Crippen molar-refractivity contribution in [3.8, 4) is 5.75 Å². The van der Waals surface area contributed by atoms with E-state index >= 15 is 0 Å². The molecule has 0 spiro atoms. The van der Waals surface area contributed by atoms with Crippen molar-refractivity contribution in [1.29, 1.82) is 0 Å². The van der Waals surface area contributed by atoms with Crippen LogP contribution in [0.3, 0.4) is 0 Å². The molecule has 1 fully saturated rings. The zero-order chi connectivity index (χ0) is 14.6. The maximum atomic E-state index is 12.4. The van der Waals surface area contributed by atoms with E-state index in [-0.39, 0.29) is 12.0 Å². The molecule has 1 aromatic rings. The van der Waals surface area contributed by atoms with Crippen molar-refractivity contribution in [1.82, 2.24) is 5.32 Å². The number of carbonyl (C=O) groups excluding carboxylic acids is 1. The second kappa shape index (κ2) is 6.41. The molecule has 0 radical (unpaired) electrons. The molecule has 2 rings (SSSR count). The largest absolute Gasteiger partial charge is 0.473 e. The Labute approximate surface area is 123 Å². The molecule has 0 aliphatic carbocycles. The number of piperidine rings is 1.